The molecule has 3 rings (SSSR count). The van der Waals surface area contributed by atoms with Crippen molar-refractivity contribution in [2.45, 2.75) is 27.7 Å². The van der Waals surface area contributed by atoms with Crippen LogP contribution in [0.3, 0.4) is 0 Å². The number of aromatic nitrogens is 1. The fourth-order valence-electron chi connectivity index (χ4n) is 3.06. The van der Waals surface area contributed by atoms with E-state index in [-0.39, 0.29) is 4.91 Å². The van der Waals surface area contributed by atoms with Crippen molar-refractivity contribution in [1.82, 2.24) is 4.48 Å². The van der Waals surface area contributed by atoms with Crippen LogP contribution in [-0.4, -0.2) is 37.8 Å². The Morgan fingerprint density at radius 1 is 1.24 bits per heavy atom. The zero-order valence-electron chi connectivity index (χ0n) is 12.8. The lowest BCUT2D eigenvalue weighted by Crippen LogP contribution is -2.30. The highest BCUT2D eigenvalue weighted by Crippen LogP contribution is 2.33. The summed E-state index contributed by atoms with van der Waals surface area (Å²) < 4.78 is 32.9. The summed E-state index contributed by atoms with van der Waals surface area (Å²) in [6.45, 7) is 7.69. The van der Waals surface area contributed by atoms with Gasteiger partial charge in [-0.15, -0.1) is 0 Å². The summed E-state index contributed by atoms with van der Waals surface area (Å²) in [5, 5.41) is 0. The van der Waals surface area contributed by atoms with Crippen LogP contribution < -0.4 is 0 Å². The van der Waals surface area contributed by atoms with Crippen molar-refractivity contribution in [1.29, 1.82) is 0 Å². The Morgan fingerprint density at radius 2 is 1.90 bits per heavy atom. The van der Waals surface area contributed by atoms with Gasteiger partial charge in [0.2, 0.25) is 0 Å². The lowest BCUT2D eigenvalue weighted by molar-refractivity contribution is -0.314. The van der Waals surface area contributed by atoms with Gasteiger partial charge in [-0.1, -0.05) is 0 Å². The monoisotopic (exact) mass is 304 g/mol. The fraction of sp³-hybridized carbons (Fsp3) is 0.357. The summed E-state index contributed by atoms with van der Waals surface area (Å²) in [7, 11) is -0.589. The third-order valence-corrected chi connectivity index (χ3v) is 5.66. The highest BCUT2D eigenvalue weighted by molar-refractivity contribution is 7.91. The average Bonchev–Trinajstić information content (AvgIpc) is 2.85. The van der Waals surface area contributed by atoms with Gasteiger partial charge < -0.3 is 4.48 Å². The molecule has 21 heavy (non-hydrogen) atoms. The molecule has 0 atom stereocenters. The Labute approximate surface area is 125 Å². The molecule has 0 fully saturated rings. The van der Waals surface area contributed by atoms with E-state index in [2.05, 4.69) is 17.5 Å². The Kier molecular flexibility index (Phi) is 3.04. The molecular formula is C14H17BN2O3S+. The molecule has 0 spiro atoms. The van der Waals surface area contributed by atoms with Crippen LogP contribution >= 0.6 is 0 Å². The highest BCUT2D eigenvalue weighted by atomic mass is 32.2. The van der Waals surface area contributed by atoms with Crippen LogP contribution in [0, 0.1) is 13.8 Å². The van der Waals surface area contributed by atoms with Crippen LogP contribution in [0.15, 0.2) is 22.2 Å². The smallest absolute Gasteiger partial charge is 0.323 e. The van der Waals surface area contributed by atoms with E-state index in [0.717, 1.165) is 22.7 Å². The molecule has 0 saturated carbocycles. The molecule has 0 amide bonds. The van der Waals surface area contributed by atoms with Gasteiger partial charge in [0.25, 0.3) is 0 Å². The van der Waals surface area contributed by atoms with Gasteiger partial charge in [0.1, 0.15) is 0 Å². The molecule has 2 aliphatic heterocycles. The minimum atomic E-state index is -3.71. The van der Waals surface area contributed by atoms with Gasteiger partial charge in [-0.3, -0.25) is 8.67 Å². The first-order valence-electron chi connectivity index (χ1n) is 6.68. The second-order valence-corrected chi connectivity index (χ2v) is 7.05. The minimum Gasteiger partial charge on any atom is -0.323 e. The van der Waals surface area contributed by atoms with Gasteiger partial charge >= 0.3 is 17.7 Å². The Morgan fingerprint density at radius 3 is 2.52 bits per heavy atom. The molecule has 0 unspecified atom stereocenters. The molecule has 1 aromatic rings. The average molecular weight is 304 g/mol. The maximum atomic E-state index is 12.1. The topological polar surface area (TPSA) is 51.3 Å². The van der Waals surface area contributed by atoms with E-state index in [4.69, 9.17) is 4.18 Å². The molecule has 0 aliphatic carbocycles. The molecular weight excluding hydrogens is 287 g/mol. The molecule has 109 valence electrons. The first kappa shape index (κ1) is 14.3. The molecule has 0 saturated heterocycles. The largest absolute Gasteiger partial charge is 0.699 e. The summed E-state index contributed by atoms with van der Waals surface area (Å²) in [6, 6.07) is 2.12. The van der Waals surface area contributed by atoms with Crippen molar-refractivity contribution >= 4 is 29.5 Å². The molecule has 0 aromatic carbocycles. The summed E-state index contributed by atoms with van der Waals surface area (Å²) in [4.78, 5) is 0.258. The molecule has 0 N–H and O–H groups in total. The van der Waals surface area contributed by atoms with E-state index in [9.17, 15) is 8.42 Å². The molecule has 0 bridgehead atoms. The Bertz CT molecular complexity index is 857. The van der Waals surface area contributed by atoms with E-state index < -0.39 is 10.1 Å². The zero-order chi connectivity index (χ0) is 15.5. The zero-order valence-corrected chi connectivity index (χ0v) is 13.6. The second-order valence-electron chi connectivity index (χ2n) is 5.40. The molecule has 5 nitrogen and oxygen atoms in total. The van der Waals surface area contributed by atoms with Crippen LogP contribution in [0.25, 0.3) is 6.08 Å². The van der Waals surface area contributed by atoms with Crippen molar-refractivity contribution < 1.29 is 17.1 Å². The van der Waals surface area contributed by atoms with Gasteiger partial charge in [0.05, 0.1) is 7.11 Å². The van der Waals surface area contributed by atoms with Crippen molar-refractivity contribution in [2.75, 3.05) is 7.11 Å². The third kappa shape index (κ3) is 1.87. The number of rotatable bonds is 2. The SMILES string of the molecule is COS(=O)(=O)C1=C(C)C2=Cc3c(C)cc(C)n3[B][N+]2=C1C. The van der Waals surface area contributed by atoms with Gasteiger partial charge in [-0.2, -0.15) is 8.42 Å². The number of hydrogen-bond donors (Lipinski definition) is 0. The molecule has 1 radical (unpaired) electrons. The summed E-state index contributed by atoms with van der Waals surface area (Å²) in [5.41, 5.74) is 5.64. The van der Waals surface area contributed by atoms with Crippen molar-refractivity contribution in [3.8, 4) is 0 Å². The number of aryl methyl sites for hydroxylation is 2. The quantitative estimate of drug-likeness (QED) is 0.616. The Balaban J connectivity index is 2.26. The van der Waals surface area contributed by atoms with Crippen LogP contribution in [0.2, 0.25) is 0 Å². The van der Waals surface area contributed by atoms with E-state index >= 15 is 0 Å². The predicted octanol–water partition coefficient (Wildman–Crippen LogP) is 1.58. The van der Waals surface area contributed by atoms with Gasteiger partial charge in [-0.25, -0.2) is 0 Å². The van der Waals surface area contributed by atoms with E-state index in [1.165, 1.54) is 12.7 Å². The van der Waals surface area contributed by atoms with Crippen molar-refractivity contribution in [3.05, 3.63) is 39.2 Å². The van der Waals surface area contributed by atoms with Crippen LogP contribution in [0.5, 0.6) is 0 Å². The van der Waals surface area contributed by atoms with Gasteiger partial charge in [0, 0.05) is 30.0 Å². The van der Waals surface area contributed by atoms with Gasteiger partial charge in [-0.05, 0) is 32.4 Å². The second kappa shape index (κ2) is 4.45. The van der Waals surface area contributed by atoms with Crippen molar-refractivity contribution in [3.63, 3.8) is 0 Å². The predicted molar refractivity (Wildman–Crippen MR) is 82.6 cm³/mol. The maximum absolute atomic E-state index is 12.1. The van der Waals surface area contributed by atoms with E-state index in [1.807, 2.05) is 32.0 Å². The fourth-order valence-corrected chi connectivity index (χ4v) is 4.16. The Hall–Kier alpha value is -1.60. The summed E-state index contributed by atoms with van der Waals surface area (Å²) in [6.07, 6.45) is 2.03. The van der Waals surface area contributed by atoms with Crippen LogP contribution in [0.4, 0.5) is 0 Å². The lowest BCUT2D eigenvalue weighted by atomic mass is 10.0. The van der Waals surface area contributed by atoms with E-state index in [1.54, 1.807) is 6.92 Å². The number of fused-ring (bicyclic) bond motifs is 2. The van der Waals surface area contributed by atoms with Crippen molar-refractivity contribution in [2.24, 2.45) is 0 Å². The normalized spacial score (nSPS) is 17.7. The maximum Gasteiger partial charge on any atom is 0.699 e. The first-order valence-corrected chi connectivity index (χ1v) is 8.09. The first-order chi connectivity index (χ1) is 9.77. The van der Waals surface area contributed by atoms with Crippen LogP contribution in [0.1, 0.15) is 30.8 Å². The number of allylic oxidation sites excluding steroid dienone is 2. The molecule has 1 aromatic heterocycles. The minimum absolute atomic E-state index is 0.258. The third-order valence-electron chi connectivity index (χ3n) is 4.12. The summed E-state index contributed by atoms with van der Waals surface area (Å²) in [5.74, 6) is 0. The highest BCUT2D eigenvalue weighted by Gasteiger charge is 2.43. The number of nitrogens with zero attached hydrogens (tertiary/aromatic N) is 2. The lowest BCUT2D eigenvalue weighted by Gasteiger charge is -2.12. The van der Waals surface area contributed by atoms with Gasteiger partial charge in [0.15, 0.2) is 16.3 Å². The molecule has 2 aliphatic rings. The number of hydrogen-bond acceptors (Lipinski definition) is 3. The molecule has 3 heterocycles. The standard InChI is InChI=1S/C14H17BN2O3S/c1-8-6-9(2)16-12(8)7-13-10(3)14(21(18,19)20-5)11(4)17(13)15-16/h6-7H,1-5H3/q+1. The van der Waals surface area contributed by atoms with Crippen LogP contribution in [-0.2, 0) is 14.3 Å². The van der Waals surface area contributed by atoms with E-state index in [0.29, 0.717) is 5.71 Å². The summed E-state index contributed by atoms with van der Waals surface area (Å²) >= 11 is 0. The molecule has 7 heteroatoms.